The van der Waals surface area contributed by atoms with E-state index in [0.717, 1.165) is 15.8 Å². The van der Waals surface area contributed by atoms with Crippen molar-refractivity contribution in [1.82, 2.24) is 4.98 Å². The van der Waals surface area contributed by atoms with Crippen LogP contribution < -0.4 is 10.5 Å². The molecule has 0 bridgehead atoms. The van der Waals surface area contributed by atoms with E-state index in [9.17, 15) is 0 Å². The van der Waals surface area contributed by atoms with E-state index in [0.29, 0.717) is 22.5 Å². The number of halogens is 2. The topological polar surface area (TPSA) is 48.1 Å². The lowest BCUT2D eigenvalue weighted by atomic mass is 10.0. The number of nitrogens with zero attached hydrogens (tertiary/aromatic N) is 1. The molecule has 19 heavy (non-hydrogen) atoms. The Morgan fingerprint density at radius 2 is 2.05 bits per heavy atom. The minimum atomic E-state index is 0.334. The van der Waals surface area contributed by atoms with Crippen LogP contribution in [-0.2, 0) is 0 Å². The summed E-state index contributed by atoms with van der Waals surface area (Å²) in [5, 5.41) is 0.490. The first-order chi connectivity index (χ1) is 8.97. The van der Waals surface area contributed by atoms with Gasteiger partial charge in [-0.05, 0) is 35.7 Å². The summed E-state index contributed by atoms with van der Waals surface area (Å²) in [6, 6.07) is 7.48. The van der Waals surface area contributed by atoms with E-state index in [2.05, 4.69) is 34.8 Å². The molecular formula is C14H14BrClN2O. The zero-order valence-corrected chi connectivity index (χ0v) is 13.0. The van der Waals surface area contributed by atoms with Crippen LogP contribution in [0.3, 0.4) is 0 Å². The molecule has 0 unspecified atom stereocenters. The third-order valence-corrected chi connectivity index (χ3v) is 3.35. The Bertz CT molecular complexity index is 602. The molecule has 0 fully saturated rings. The van der Waals surface area contributed by atoms with Gasteiger partial charge in [-0.1, -0.05) is 41.4 Å². The second kappa shape index (κ2) is 5.80. The molecule has 1 aromatic heterocycles. The number of nitrogens with two attached hydrogens (primary N) is 1. The van der Waals surface area contributed by atoms with Crippen molar-refractivity contribution in [1.29, 1.82) is 0 Å². The molecule has 2 N–H and O–H groups in total. The standard InChI is InChI=1S/C14H14BrClN2O/c1-8(2)11-5-9(15)3-4-13(11)19-14-12(17)6-10(16)7-18-14/h3-8H,17H2,1-2H3. The lowest BCUT2D eigenvalue weighted by Gasteiger charge is -2.14. The predicted molar refractivity (Wildman–Crippen MR) is 82.0 cm³/mol. The second-order valence-electron chi connectivity index (χ2n) is 4.49. The number of anilines is 1. The number of hydrogen-bond acceptors (Lipinski definition) is 3. The van der Waals surface area contributed by atoms with Crippen LogP contribution in [0.2, 0.25) is 5.02 Å². The van der Waals surface area contributed by atoms with E-state index in [-0.39, 0.29) is 0 Å². The van der Waals surface area contributed by atoms with Gasteiger partial charge in [-0.3, -0.25) is 0 Å². The maximum atomic E-state index is 5.84. The summed E-state index contributed by atoms with van der Waals surface area (Å²) in [6.07, 6.45) is 1.52. The molecule has 0 aliphatic carbocycles. The van der Waals surface area contributed by atoms with E-state index < -0.39 is 0 Å². The van der Waals surface area contributed by atoms with E-state index in [1.54, 1.807) is 6.07 Å². The fourth-order valence-electron chi connectivity index (χ4n) is 1.70. The smallest absolute Gasteiger partial charge is 0.242 e. The molecule has 0 atom stereocenters. The van der Waals surface area contributed by atoms with Crippen molar-refractivity contribution >= 4 is 33.2 Å². The molecule has 0 spiro atoms. The van der Waals surface area contributed by atoms with Gasteiger partial charge in [0.15, 0.2) is 0 Å². The summed E-state index contributed by atoms with van der Waals surface area (Å²) in [4.78, 5) is 4.11. The lowest BCUT2D eigenvalue weighted by molar-refractivity contribution is 0.457. The Morgan fingerprint density at radius 1 is 1.32 bits per heavy atom. The quantitative estimate of drug-likeness (QED) is 0.855. The highest BCUT2D eigenvalue weighted by Crippen LogP contribution is 2.34. The van der Waals surface area contributed by atoms with Crippen molar-refractivity contribution in [2.24, 2.45) is 0 Å². The van der Waals surface area contributed by atoms with Crippen LogP contribution >= 0.6 is 27.5 Å². The highest BCUT2D eigenvalue weighted by molar-refractivity contribution is 9.10. The molecule has 0 amide bonds. The summed E-state index contributed by atoms with van der Waals surface area (Å²) >= 11 is 9.28. The van der Waals surface area contributed by atoms with Crippen LogP contribution in [0.25, 0.3) is 0 Å². The van der Waals surface area contributed by atoms with Gasteiger partial charge < -0.3 is 10.5 Å². The highest BCUT2D eigenvalue weighted by Gasteiger charge is 2.12. The van der Waals surface area contributed by atoms with Gasteiger partial charge >= 0.3 is 0 Å². The number of nitrogen functional groups attached to an aromatic ring is 1. The summed E-state index contributed by atoms with van der Waals surface area (Å²) < 4.78 is 6.81. The van der Waals surface area contributed by atoms with Gasteiger partial charge in [-0.15, -0.1) is 0 Å². The van der Waals surface area contributed by atoms with Gasteiger partial charge in [0.2, 0.25) is 5.88 Å². The van der Waals surface area contributed by atoms with Gasteiger partial charge in [0.25, 0.3) is 0 Å². The molecule has 0 saturated carbocycles. The number of hydrogen-bond donors (Lipinski definition) is 1. The van der Waals surface area contributed by atoms with Crippen LogP contribution in [-0.4, -0.2) is 4.98 Å². The monoisotopic (exact) mass is 340 g/mol. The third kappa shape index (κ3) is 3.39. The van der Waals surface area contributed by atoms with E-state index in [1.165, 1.54) is 6.20 Å². The highest BCUT2D eigenvalue weighted by atomic mass is 79.9. The maximum Gasteiger partial charge on any atom is 0.242 e. The molecule has 1 heterocycles. The van der Waals surface area contributed by atoms with Crippen molar-refractivity contribution in [3.8, 4) is 11.6 Å². The van der Waals surface area contributed by atoms with E-state index in [4.69, 9.17) is 22.1 Å². The third-order valence-electron chi connectivity index (χ3n) is 2.65. The minimum Gasteiger partial charge on any atom is -0.437 e. The number of rotatable bonds is 3. The summed E-state index contributed by atoms with van der Waals surface area (Å²) in [5.41, 5.74) is 7.35. The summed E-state index contributed by atoms with van der Waals surface area (Å²) in [7, 11) is 0. The van der Waals surface area contributed by atoms with E-state index in [1.807, 2.05) is 18.2 Å². The fourth-order valence-corrected chi connectivity index (χ4v) is 2.24. The predicted octanol–water partition coefficient (Wildman–Crippen LogP) is 5.00. The minimum absolute atomic E-state index is 0.334. The first-order valence-corrected chi connectivity index (χ1v) is 7.03. The molecule has 0 aliphatic rings. The number of aromatic nitrogens is 1. The molecule has 2 aromatic rings. The molecule has 0 radical (unpaired) electrons. The van der Waals surface area contributed by atoms with Crippen LogP contribution in [0.15, 0.2) is 34.9 Å². The Morgan fingerprint density at radius 3 is 2.68 bits per heavy atom. The first kappa shape index (κ1) is 14.2. The lowest BCUT2D eigenvalue weighted by Crippen LogP contribution is -1.98. The maximum absolute atomic E-state index is 5.84. The molecule has 5 heteroatoms. The molecule has 3 nitrogen and oxygen atoms in total. The van der Waals surface area contributed by atoms with Crippen molar-refractivity contribution in [3.63, 3.8) is 0 Å². The molecule has 0 aliphatic heterocycles. The van der Waals surface area contributed by atoms with Crippen molar-refractivity contribution in [2.75, 3.05) is 5.73 Å². The number of benzene rings is 1. The SMILES string of the molecule is CC(C)c1cc(Br)ccc1Oc1ncc(Cl)cc1N. The van der Waals surface area contributed by atoms with Gasteiger partial charge in [0.1, 0.15) is 5.75 Å². The average Bonchev–Trinajstić information content (AvgIpc) is 2.34. The normalized spacial score (nSPS) is 10.8. The zero-order chi connectivity index (χ0) is 14.0. The zero-order valence-electron chi connectivity index (χ0n) is 10.7. The first-order valence-electron chi connectivity index (χ1n) is 5.85. The Hall–Kier alpha value is -1.26. The molecule has 2 rings (SSSR count). The van der Waals surface area contributed by atoms with Crippen LogP contribution in [0.5, 0.6) is 11.6 Å². The summed E-state index contributed by atoms with van der Waals surface area (Å²) in [6.45, 7) is 4.21. The Kier molecular flexibility index (Phi) is 4.32. The van der Waals surface area contributed by atoms with Crippen molar-refractivity contribution in [2.45, 2.75) is 19.8 Å². The Labute approximate surface area is 125 Å². The van der Waals surface area contributed by atoms with Gasteiger partial charge in [0, 0.05) is 10.7 Å². The number of ether oxygens (including phenoxy) is 1. The van der Waals surface area contributed by atoms with Gasteiger partial charge in [-0.25, -0.2) is 4.98 Å². The molecule has 0 saturated heterocycles. The summed E-state index contributed by atoms with van der Waals surface area (Å²) in [5.74, 6) is 1.45. The molecular weight excluding hydrogens is 328 g/mol. The number of pyridine rings is 1. The van der Waals surface area contributed by atoms with Gasteiger partial charge in [-0.2, -0.15) is 0 Å². The van der Waals surface area contributed by atoms with Gasteiger partial charge in [0.05, 0.1) is 10.7 Å². The van der Waals surface area contributed by atoms with Crippen molar-refractivity contribution < 1.29 is 4.74 Å². The van der Waals surface area contributed by atoms with Crippen LogP contribution in [0, 0.1) is 0 Å². The van der Waals surface area contributed by atoms with Crippen LogP contribution in [0.1, 0.15) is 25.3 Å². The molecule has 1 aromatic carbocycles. The fraction of sp³-hybridized carbons (Fsp3) is 0.214. The molecule has 100 valence electrons. The Balaban J connectivity index is 2.38. The van der Waals surface area contributed by atoms with E-state index >= 15 is 0 Å². The average molecular weight is 342 g/mol. The second-order valence-corrected chi connectivity index (χ2v) is 5.84. The van der Waals surface area contributed by atoms with Crippen molar-refractivity contribution in [3.05, 3.63) is 45.5 Å². The largest absolute Gasteiger partial charge is 0.437 e. The van der Waals surface area contributed by atoms with Crippen LogP contribution in [0.4, 0.5) is 5.69 Å².